The Balaban J connectivity index is 1.49. The van der Waals surface area contributed by atoms with Crippen molar-refractivity contribution in [3.05, 3.63) is 41.3 Å². The predicted octanol–water partition coefficient (Wildman–Crippen LogP) is 2.53. The van der Waals surface area contributed by atoms with Crippen molar-refractivity contribution in [3.63, 3.8) is 0 Å². The zero-order chi connectivity index (χ0) is 17.8. The van der Waals surface area contributed by atoms with Gasteiger partial charge in [0.1, 0.15) is 0 Å². The van der Waals surface area contributed by atoms with Crippen LogP contribution in [-0.4, -0.2) is 48.3 Å². The van der Waals surface area contributed by atoms with Crippen LogP contribution in [0.1, 0.15) is 35.8 Å². The molecule has 0 atom stereocenters. The maximum Gasteiger partial charge on any atom is 0.317 e. The Labute approximate surface area is 148 Å². The van der Waals surface area contributed by atoms with Gasteiger partial charge in [-0.25, -0.2) is 4.79 Å². The van der Waals surface area contributed by atoms with Crippen molar-refractivity contribution >= 4 is 12.0 Å². The molecule has 0 unspecified atom stereocenters. The molecule has 1 fully saturated rings. The molecule has 1 N–H and O–H groups in total. The van der Waals surface area contributed by atoms with Crippen molar-refractivity contribution in [2.75, 3.05) is 32.1 Å². The lowest BCUT2D eigenvalue weighted by Gasteiger charge is -2.32. The molecule has 3 rings (SSSR count). The van der Waals surface area contributed by atoms with E-state index in [0.717, 1.165) is 25.9 Å². The van der Waals surface area contributed by atoms with Gasteiger partial charge in [0.05, 0.1) is 6.54 Å². The third-order valence-electron chi connectivity index (χ3n) is 4.66. The van der Waals surface area contributed by atoms with E-state index in [9.17, 15) is 4.79 Å². The van der Waals surface area contributed by atoms with Gasteiger partial charge in [-0.2, -0.15) is 4.98 Å². The summed E-state index contributed by atoms with van der Waals surface area (Å²) in [6.07, 6.45) is 1.98. The van der Waals surface area contributed by atoms with E-state index in [1.807, 2.05) is 19.0 Å². The van der Waals surface area contributed by atoms with E-state index < -0.39 is 0 Å². The van der Waals surface area contributed by atoms with Gasteiger partial charge in [0.2, 0.25) is 5.89 Å². The SMILES string of the molecule is Cc1ccccc1C1CCN(C(=O)NCc2nc(N(C)C)no2)CC1. The Bertz CT molecular complexity index is 720. The van der Waals surface area contributed by atoms with E-state index >= 15 is 0 Å². The second-order valence-corrected chi connectivity index (χ2v) is 6.66. The Kier molecular flexibility index (Phi) is 5.21. The van der Waals surface area contributed by atoms with Gasteiger partial charge in [-0.05, 0) is 42.0 Å². The van der Waals surface area contributed by atoms with Gasteiger partial charge >= 0.3 is 6.03 Å². The summed E-state index contributed by atoms with van der Waals surface area (Å²) in [7, 11) is 3.68. The van der Waals surface area contributed by atoms with Crippen LogP contribution in [0.15, 0.2) is 28.8 Å². The standard InChI is InChI=1S/C18H25N5O2/c1-13-6-4-5-7-15(13)14-8-10-23(11-9-14)18(24)19-12-16-20-17(21-25-16)22(2)3/h4-7,14H,8-12H2,1-3H3,(H,19,24). The molecule has 2 aromatic rings. The first-order chi connectivity index (χ1) is 12.0. The number of aryl methyl sites for hydroxylation is 1. The number of hydrogen-bond donors (Lipinski definition) is 1. The van der Waals surface area contributed by atoms with Crippen molar-refractivity contribution in [1.29, 1.82) is 0 Å². The van der Waals surface area contributed by atoms with E-state index in [-0.39, 0.29) is 12.6 Å². The number of hydrogen-bond acceptors (Lipinski definition) is 5. The molecule has 1 saturated heterocycles. The molecule has 7 nitrogen and oxygen atoms in total. The zero-order valence-corrected chi connectivity index (χ0v) is 15.0. The van der Waals surface area contributed by atoms with Crippen molar-refractivity contribution < 1.29 is 9.32 Å². The predicted molar refractivity (Wildman–Crippen MR) is 95.6 cm³/mol. The highest BCUT2D eigenvalue weighted by atomic mass is 16.5. The number of aromatic nitrogens is 2. The van der Waals surface area contributed by atoms with Crippen LogP contribution in [0.4, 0.5) is 10.7 Å². The van der Waals surface area contributed by atoms with E-state index in [2.05, 4.69) is 46.6 Å². The van der Waals surface area contributed by atoms with Gasteiger partial charge in [-0.15, -0.1) is 0 Å². The lowest BCUT2D eigenvalue weighted by Crippen LogP contribution is -2.43. The lowest BCUT2D eigenvalue weighted by atomic mass is 9.87. The number of urea groups is 1. The van der Waals surface area contributed by atoms with Crippen LogP contribution in [0.25, 0.3) is 0 Å². The van der Waals surface area contributed by atoms with E-state index in [0.29, 0.717) is 17.8 Å². The van der Waals surface area contributed by atoms with E-state index in [4.69, 9.17) is 4.52 Å². The third-order valence-corrected chi connectivity index (χ3v) is 4.66. The fourth-order valence-corrected chi connectivity index (χ4v) is 3.20. The number of piperidine rings is 1. The highest BCUT2D eigenvalue weighted by Gasteiger charge is 2.24. The fraction of sp³-hybridized carbons (Fsp3) is 0.500. The Morgan fingerprint density at radius 2 is 2.04 bits per heavy atom. The van der Waals surface area contributed by atoms with Crippen molar-refractivity contribution in [2.45, 2.75) is 32.2 Å². The molecule has 0 radical (unpaired) electrons. The summed E-state index contributed by atoms with van der Waals surface area (Å²) in [6.45, 7) is 3.92. The minimum absolute atomic E-state index is 0.0761. The summed E-state index contributed by atoms with van der Waals surface area (Å²) in [5.41, 5.74) is 2.74. The molecule has 2 heterocycles. The first-order valence-electron chi connectivity index (χ1n) is 8.63. The first-order valence-corrected chi connectivity index (χ1v) is 8.63. The molecule has 1 aliphatic rings. The number of rotatable bonds is 4. The summed E-state index contributed by atoms with van der Waals surface area (Å²) >= 11 is 0. The Morgan fingerprint density at radius 3 is 2.68 bits per heavy atom. The van der Waals surface area contributed by atoms with Gasteiger partial charge < -0.3 is 19.6 Å². The quantitative estimate of drug-likeness (QED) is 0.923. The maximum atomic E-state index is 12.3. The molecular formula is C18H25N5O2. The number of carbonyl (C=O) groups is 1. The number of nitrogens with zero attached hydrogens (tertiary/aromatic N) is 4. The van der Waals surface area contributed by atoms with Crippen LogP contribution in [0.3, 0.4) is 0 Å². The number of benzene rings is 1. The third kappa shape index (κ3) is 4.10. The molecule has 2 amide bonds. The molecular weight excluding hydrogens is 318 g/mol. The molecule has 1 aromatic carbocycles. The second-order valence-electron chi connectivity index (χ2n) is 6.66. The number of likely N-dealkylation sites (tertiary alicyclic amines) is 1. The molecule has 0 spiro atoms. The van der Waals surface area contributed by atoms with Crippen LogP contribution in [0, 0.1) is 6.92 Å². The van der Waals surface area contributed by atoms with Crippen LogP contribution >= 0.6 is 0 Å². The topological polar surface area (TPSA) is 74.5 Å². The van der Waals surface area contributed by atoms with Crippen molar-refractivity contribution in [3.8, 4) is 0 Å². The van der Waals surface area contributed by atoms with Gasteiger partial charge in [0.15, 0.2) is 0 Å². The Morgan fingerprint density at radius 1 is 1.32 bits per heavy atom. The van der Waals surface area contributed by atoms with Crippen LogP contribution < -0.4 is 10.2 Å². The minimum atomic E-state index is -0.0761. The second kappa shape index (κ2) is 7.55. The lowest BCUT2D eigenvalue weighted by molar-refractivity contribution is 0.179. The highest BCUT2D eigenvalue weighted by molar-refractivity contribution is 5.74. The summed E-state index contributed by atoms with van der Waals surface area (Å²) in [5, 5.41) is 6.69. The average molecular weight is 343 g/mol. The molecule has 0 bridgehead atoms. The molecule has 7 heteroatoms. The van der Waals surface area contributed by atoms with Gasteiger partial charge in [-0.3, -0.25) is 0 Å². The largest absolute Gasteiger partial charge is 0.344 e. The number of anilines is 1. The summed E-state index contributed by atoms with van der Waals surface area (Å²) in [4.78, 5) is 20.2. The van der Waals surface area contributed by atoms with Crippen LogP contribution in [0.5, 0.6) is 0 Å². The number of carbonyl (C=O) groups excluding carboxylic acids is 1. The first kappa shape index (κ1) is 17.3. The highest BCUT2D eigenvalue weighted by Crippen LogP contribution is 2.29. The number of amides is 2. The van der Waals surface area contributed by atoms with Crippen LogP contribution in [0.2, 0.25) is 0 Å². The summed E-state index contributed by atoms with van der Waals surface area (Å²) in [5.74, 6) is 1.44. The van der Waals surface area contributed by atoms with E-state index in [1.54, 1.807) is 4.90 Å². The van der Waals surface area contributed by atoms with Gasteiger partial charge in [0, 0.05) is 27.2 Å². The van der Waals surface area contributed by atoms with Gasteiger partial charge in [0.25, 0.3) is 5.95 Å². The molecule has 134 valence electrons. The normalized spacial score (nSPS) is 15.2. The molecule has 0 aliphatic carbocycles. The zero-order valence-electron chi connectivity index (χ0n) is 15.0. The number of nitrogens with one attached hydrogen (secondary N) is 1. The summed E-state index contributed by atoms with van der Waals surface area (Å²) < 4.78 is 5.12. The molecule has 1 aromatic heterocycles. The monoisotopic (exact) mass is 343 g/mol. The molecule has 1 aliphatic heterocycles. The average Bonchev–Trinajstić information content (AvgIpc) is 3.10. The van der Waals surface area contributed by atoms with Crippen molar-refractivity contribution in [1.82, 2.24) is 20.4 Å². The van der Waals surface area contributed by atoms with Gasteiger partial charge in [-0.1, -0.05) is 24.3 Å². The van der Waals surface area contributed by atoms with Crippen LogP contribution in [-0.2, 0) is 6.54 Å². The molecule has 0 saturated carbocycles. The fourth-order valence-electron chi connectivity index (χ4n) is 3.20. The molecule has 25 heavy (non-hydrogen) atoms. The Hall–Kier alpha value is -2.57. The smallest absolute Gasteiger partial charge is 0.317 e. The van der Waals surface area contributed by atoms with Crippen molar-refractivity contribution in [2.24, 2.45) is 0 Å². The summed E-state index contributed by atoms with van der Waals surface area (Å²) in [6, 6.07) is 8.44. The van der Waals surface area contributed by atoms with E-state index in [1.165, 1.54) is 11.1 Å². The minimum Gasteiger partial charge on any atom is -0.344 e. The maximum absolute atomic E-state index is 12.3.